The molecule has 1 aliphatic carbocycles. The predicted octanol–water partition coefficient (Wildman–Crippen LogP) is 3.33. The summed E-state index contributed by atoms with van der Waals surface area (Å²) in [5.41, 5.74) is 3.78. The molecule has 2 aliphatic heterocycles. The molecule has 0 aromatic heterocycles. The van der Waals surface area contributed by atoms with Crippen molar-refractivity contribution in [2.75, 3.05) is 13.1 Å². The van der Waals surface area contributed by atoms with Crippen LogP contribution < -0.4 is 0 Å². The maximum atomic E-state index is 2.82. The Bertz CT molecular complexity index is 439. The van der Waals surface area contributed by atoms with Gasteiger partial charge in [-0.25, -0.2) is 0 Å². The van der Waals surface area contributed by atoms with Gasteiger partial charge in [0, 0.05) is 12.1 Å². The average Bonchev–Trinajstić information content (AvgIpc) is 2.78. The number of benzene rings is 1. The van der Waals surface area contributed by atoms with Crippen LogP contribution in [0.3, 0.4) is 0 Å². The van der Waals surface area contributed by atoms with E-state index < -0.39 is 0 Å². The molecule has 90 valence electrons. The van der Waals surface area contributed by atoms with Gasteiger partial charge in [0.1, 0.15) is 0 Å². The van der Waals surface area contributed by atoms with Crippen molar-refractivity contribution in [1.82, 2.24) is 4.90 Å². The highest BCUT2D eigenvalue weighted by Crippen LogP contribution is 2.54. The number of rotatable bonds is 0. The fourth-order valence-corrected chi connectivity index (χ4v) is 4.79. The molecule has 0 bridgehead atoms. The van der Waals surface area contributed by atoms with Crippen molar-refractivity contribution in [1.29, 1.82) is 0 Å². The van der Waals surface area contributed by atoms with Crippen molar-refractivity contribution in [3.63, 3.8) is 0 Å². The third-order valence-electron chi connectivity index (χ3n) is 5.48. The molecule has 17 heavy (non-hydrogen) atoms. The third-order valence-corrected chi connectivity index (χ3v) is 5.48. The average molecular weight is 227 g/mol. The van der Waals surface area contributed by atoms with Gasteiger partial charge in [0.15, 0.2) is 0 Å². The normalized spacial score (nSPS) is 36.1. The Hall–Kier alpha value is -0.820. The zero-order valence-corrected chi connectivity index (χ0v) is 10.5. The lowest BCUT2D eigenvalue weighted by molar-refractivity contribution is 0.0504. The highest BCUT2D eigenvalue weighted by Gasteiger charge is 2.52. The van der Waals surface area contributed by atoms with Gasteiger partial charge in [-0.1, -0.05) is 37.1 Å². The van der Waals surface area contributed by atoms with Crippen molar-refractivity contribution in [2.45, 2.75) is 44.1 Å². The van der Waals surface area contributed by atoms with Gasteiger partial charge < -0.3 is 0 Å². The minimum Gasteiger partial charge on any atom is -0.293 e. The summed E-state index contributed by atoms with van der Waals surface area (Å²) in [6.07, 6.45) is 8.47. The molecule has 1 aromatic carbocycles. The van der Waals surface area contributed by atoms with E-state index in [1.54, 1.807) is 11.1 Å². The van der Waals surface area contributed by atoms with Crippen molar-refractivity contribution in [2.24, 2.45) is 5.92 Å². The summed E-state index contributed by atoms with van der Waals surface area (Å²) in [5, 5.41) is 0. The molecule has 0 amide bonds. The number of fused-ring (bicyclic) bond motifs is 1. The van der Waals surface area contributed by atoms with E-state index in [0.717, 1.165) is 5.92 Å². The maximum Gasteiger partial charge on any atom is 0.0492 e. The van der Waals surface area contributed by atoms with E-state index in [-0.39, 0.29) is 0 Å². The molecule has 1 aromatic rings. The van der Waals surface area contributed by atoms with Crippen LogP contribution in [-0.4, -0.2) is 18.0 Å². The zero-order valence-electron chi connectivity index (χ0n) is 10.5. The molecule has 1 heteroatoms. The zero-order chi connectivity index (χ0) is 11.3. The lowest BCUT2D eigenvalue weighted by Gasteiger charge is -2.49. The molecule has 0 unspecified atom stereocenters. The third kappa shape index (κ3) is 1.24. The highest BCUT2D eigenvalue weighted by molar-refractivity contribution is 5.38. The number of hydrogen-bond acceptors (Lipinski definition) is 1. The molecule has 0 radical (unpaired) electrons. The minimum absolute atomic E-state index is 0.451. The van der Waals surface area contributed by atoms with Crippen molar-refractivity contribution >= 4 is 0 Å². The van der Waals surface area contributed by atoms with Crippen LogP contribution in [0.25, 0.3) is 0 Å². The van der Waals surface area contributed by atoms with Crippen LogP contribution in [0.15, 0.2) is 24.3 Å². The van der Waals surface area contributed by atoms with E-state index in [1.807, 2.05) is 0 Å². The summed E-state index contributed by atoms with van der Waals surface area (Å²) in [4.78, 5) is 2.82. The van der Waals surface area contributed by atoms with E-state index in [4.69, 9.17) is 0 Å². The van der Waals surface area contributed by atoms with Crippen LogP contribution in [0.2, 0.25) is 0 Å². The molecule has 1 saturated carbocycles. The molecule has 2 atom stereocenters. The second kappa shape index (κ2) is 3.58. The van der Waals surface area contributed by atoms with Gasteiger partial charge in [0.05, 0.1) is 0 Å². The van der Waals surface area contributed by atoms with Crippen LogP contribution in [0.4, 0.5) is 0 Å². The van der Waals surface area contributed by atoms with E-state index in [0.29, 0.717) is 5.54 Å². The first-order valence-corrected chi connectivity index (χ1v) is 7.25. The van der Waals surface area contributed by atoms with Gasteiger partial charge in [0.2, 0.25) is 0 Å². The smallest absolute Gasteiger partial charge is 0.0492 e. The summed E-state index contributed by atoms with van der Waals surface area (Å²) >= 11 is 0. The predicted molar refractivity (Wildman–Crippen MR) is 70.0 cm³/mol. The SMILES string of the molecule is c1ccc2c(c1)CCN1CC[C@H]3CCCC[C@]231. The second-order valence-electron chi connectivity index (χ2n) is 6.05. The molecule has 4 rings (SSSR count). The Morgan fingerprint density at radius 1 is 1.06 bits per heavy atom. The van der Waals surface area contributed by atoms with E-state index in [9.17, 15) is 0 Å². The standard InChI is InChI=1S/C16H21N/c1-2-7-15-13(5-1)8-11-17-12-9-14-6-3-4-10-16(14,15)17/h1-2,5,7,14H,3-4,6,8-12H2/t14-,16-/m1/s1. The molecule has 0 N–H and O–H groups in total. The Kier molecular flexibility index (Phi) is 2.14. The van der Waals surface area contributed by atoms with Gasteiger partial charge >= 0.3 is 0 Å². The second-order valence-corrected chi connectivity index (χ2v) is 6.05. The monoisotopic (exact) mass is 227 g/mol. The lowest BCUT2D eigenvalue weighted by atomic mass is 9.67. The largest absolute Gasteiger partial charge is 0.293 e. The van der Waals surface area contributed by atoms with Gasteiger partial charge in [-0.2, -0.15) is 0 Å². The molecule has 2 fully saturated rings. The molecular formula is C16H21N. The molecule has 3 aliphatic rings. The molecule has 1 saturated heterocycles. The molecule has 2 heterocycles. The molecular weight excluding hydrogens is 206 g/mol. The fraction of sp³-hybridized carbons (Fsp3) is 0.625. The van der Waals surface area contributed by atoms with E-state index >= 15 is 0 Å². The van der Waals surface area contributed by atoms with Crippen LogP contribution in [0.1, 0.15) is 43.2 Å². The van der Waals surface area contributed by atoms with E-state index in [2.05, 4.69) is 29.2 Å². The maximum absolute atomic E-state index is 2.82. The first kappa shape index (κ1) is 10.1. The first-order valence-electron chi connectivity index (χ1n) is 7.25. The number of hydrogen-bond donors (Lipinski definition) is 0. The fourth-order valence-electron chi connectivity index (χ4n) is 4.79. The summed E-state index contributed by atoms with van der Waals surface area (Å²) in [5.74, 6) is 0.942. The van der Waals surface area contributed by atoms with E-state index in [1.165, 1.54) is 51.6 Å². The van der Waals surface area contributed by atoms with Crippen LogP contribution in [0, 0.1) is 5.92 Å². The van der Waals surface area contributed by atoms with Crippen LogP contribution in [-0.2, 0) is 12.0 Å². The van der Waals surface area contributed by atoms with Crippen molar-refractivity contribution < 1.29 is 0 Å². The van der Waals surface area contributed by atoms with Gasteiger partial charge in [-0.05, 0) is 49.3 Å². The summed E-state index contributed by atoms with van der Waals surface area (Å²) < 4.78 is 0. The van der Waals surface area contributed by atoms with Crippen LogP contribution >= 0.6 is 0 Å². The Morgan fingerprint density at radius 3 is 3.00 bits per heavy atom. The Balaban J connectivity index is 1.90. The van der Waals surface area contributed by atoms with Gasteiger partial charge in [-0.15, -0.1) is 0 Å². The number of nitrogens with zero attached hydrogens (tertiary/aromatic N) is 1. The Labute approximate surface area is 104 Å². The summed E-state index contributed by atoms with van der Waals surface area (Å²) in [7, 11) is 0. The summed E-state index contributed by atoms with van der Waals surface area (Å²) in [6, 6.07) is 9.26. The van der Waals surface area contributed by atoms with Crippen molar-refractivity contribution in [3.8, 4) is 0 Å². The lowest BCUT2D eigenvalue weighted by Crippen LogP contribution is -2.50. The van der Waals surface area contributed by atoms with Crippen molar-refractivity contribution in [3.05, 3.63) is 35.4 Å². The first-order chi connectivity index (χ1) is 8.41. The van der Waals surface area contributed by atoms with Gasteiger partial charge in [0.25, 0.3) is 0 Å². The van der Waals surface area contributed by atoms with Crippen LogP contribution in [0.5, 0.6) is 0 Å². The highest BCUT2D eigenvalue weighted by atomic mass is 15.2. The summed E-state index contributed by atoms with van der Waals surface area (Å²) in [6.45, 7) is 2.65. The molecule has 1 nitrogen and oxygen atoms in total. The van der Waals surface area contributed by atoms with Gasteiger partial charge in [-0.3, -0.25) is 4.90 Å². The molecule has 1 spiro atoms. The quantitative estimate of drug-likeness (QED) is 0.657. The topological polar surface area (TPSA) is 3.24 Å². The Morgan fingerprint density at radius 2 is 2.00 bits per heavy atom. The minimum atomic E-state index is 0.451.